The van der Waals surface area contributed by atoms with E-state index in [0.29, 0.717) is 16.0 Å². The topological polar surface area (TPSA) is 75.3 Å². The number of thiophene rings is 1. The fraction of sp³-hybridized carbons (Fsp3) is 0.389. The number of hydrogen-bond donors (Lipinski definition) is 3. The Hall–Kier alpha value is -1.76. The highest BCUT2D eigenvalue weighted by Crippen LogP contribution is 2.45. The van der Waals surface area contributed by atoms with Crippen molar-refractivity contribution in [3.63, 3.8) is 0 Å². The van der Waals surface area contributed by atoms with E-state index in [1.807, 2.05) is 0 Å². The quantitative estimate of drug-likeness (QED) is 0.581. The molecule has 128 valence electrons. The highest BCUT2D eigenvalue weighted by molar-refractivity contribution is 7.16. The zero-order valence-corrected chi connectivity index (χ0v) is 14.6. The summed E-state index contributed by atoms with van der Waals surface area (Å²) < 4.78 is 13.9. The largest absolute Gasteiger partial charge is 0.478 e. The molecule has 24 heavy (non-hydrogen) atoms. The Morgan fingerprint density at radius 3 is 2.88 bits per heavy atom. The van der Waals surface area contributed by atoms with Gasteiger partial charge in [0.2, 0.25) is 0 Å². The van der Waals surface area contributed by atoms with Crippen molar-refractivity contribution < 1.29 is 14.3 Å². The van der Waals surface area contributed by atoms with Crippen molar-refractivity contribution in [1.29, 1.82) is 0 Å². The van der Waals surface area contributed by atoms with E-state index in [9.17, 15) is 14.3 Å². The van der Waals surface area contributed by atoms with Crippen LogP contribution < -0.4 is 11.3 Å². The lowest BCUT2D eigenvalue weighted by Gasteiger charge is -2.29. The van der Waals surface area contributed by atoms with Crippen molar-refractivity contribution >= 4 is 17.3 Å². The van der Waals surface area contributed by atoms with Crippen LogP contribution in [0.2, 0.25) is 0 Å². The van der Waals surface area contributed by atoms with Gasteiger partial charge in [-0.15, -0.1) is 11.3 Å². The van der Waals surface area contributed by atoms with Gasteiger partial charge in [0, 0.05) is 21.9 Å². The van der Waals surface area contributed by atoms with Crippen LogP contribution in [-0.4, -0.2) is 11.1 Å². The molecule has 0 radical (unpaired) electrons. The SMILES string of the molecule is CC1(C)CCc2sc(-c3ccc(F)c(CNN)c3)c(C(=O)O)c2C1. The van der Waals surface area contributed by atoms with Gasteiger partial charge in [0.15, 0.2) is 0 Å². The van der Waals surface area contributed by atoms with E-state index in [2.05, 4.69) is 19.3 Å². The van der Waals surface area contributed by atoms with Crippen molar-refractivity contribution in [3.05, 3.63) is 45.6 Å². The predicted octanol–water partition coefficient (Wildman–Crippen LogP) is 3.73. The van der Waals surface area contributed by atoms with Gasteiger partial charge in [-0.25, -0.2) is 9.18 Å². The van der Waals surface area contributed by atoms with E-state index in [-0.39, 0.29) is 17.8 Å². The molecule has 0 fully saturated rings. The number of aromatic carboxylic acids is 1. The lowest BCUT2D eigenvalue weighted by Crippen LogP contribution is -2.22. The number of nitrogens with two attached hydrogens (primary N) is 1. The minimum absolute atomic E-state index is 0.104. The molecule has 0 amide bonds. The zero-order valence-electron chi connectivity index (χ0n) is 13.8. The molecule has 3 rings (SSSR count). The van der Waals surface area contributed by atoms with Crippen molar-refractivity contribution in [2.24, 2.45) is 11.3 Å². The fourth-order valence-electron chi connectivity index (χ4n) is 3.31. The molecule has 6 heteroatoms. The van der Waals surface area contributed by atoms with E-state index in [1.54, 1.807) is 12.1 Å². The van der Waals surface area contributed by atoms with Crippen molar-refractivity contribution in [2.45, 2.75) is 39.7 Å². The second-order valence-electron chi connectivity index (χ2n) is 7.04. The number of rotatable bonds is 4. The predicted molar refractivity (Wildman–Crippen MR) is 93.5 cm³/mol. The minimum atomic E-state index is -0.914. The average molecular weight is 348 g/mol. The van der Waals surface area contributed by atoms with Crippen LogP contribution in [0.1, 0.15) is 46.6 Å². The lowest BCUT2D eigenvalue weighted by atomic mass is 9.76. The standard InChI is InChI=1S/C18H21FN2O2S/c1-18(2)6-5-14-12(8-18)15(17(22)23)16(24-14)10-3-4-13(19)11(7-10)9-21-20/h3-4,7,21H,5-6,8-9,20H2,1-2H3,(H,22,23). The number of carboxylic acids is 1. The molecule has 1 aliphatic carbocycles. The molecule has 4 N–H and O–H groups in total. The molecule has 1 heterocycles. The summed E-state index contributed by atoms with van der Waals surface area (Å²) in [4.78, 5) is 13.8. The molecule has 0 atom stereocenters. The van der Waals surface area contributed by atoms with E-state index in [4.69, 9.17) is 5.84 Å². The highest BCUT2D eigenvalue weighted by Gasteiger charge is 2.33. The molecule has 2 aromatic rings. The van der Waals surface area contributed by atoms with Gasteiger partial charge in [0.05, 0.1) is 5.56 Å². The van der Waals surface area contributed by atoms with E-state index >= 15 is 0 Å². The number of hydrogen-bond acceptors (Lipinski definition) is 4. The molecule has 1 aliphatic rings. The van der Waals surface area contributed by atoms with Gasteiger partial charge < -0.3 is 5.11 Å². The monoisotopic (exact) mass is 348 g/mol. The number of halogens is 1. The van der Waals surface area contributed by atoms with Gasteiger partial charge in [-0.2, -0.15) is 0 Å². The number of benzene rings is 1. The van der Waals surface area contributed by atoms with E-state index in [1.165, 1.54) is 17.4 Å². The first kappa shape index (κ1) is 17.1. The summed E-state index contributed by atoms with van der Waals surface area (Å²) in [5, 5.41) is 9.77. The highest BCUT2D eigenvalue weighted by atomic mass is 32.1. The Labute approximate surface area is 144 Å². The van der Waals surface area contributed by atoms with Crippen LogP contribution in [0.25, 0.3) is 10.4 Å². The summed E-state index contributed by atoms with van der Waals surface area (Å²) in [7, 11) is 0. The smallest absolute Gasteiger partial charge is 0.337 e. The molecular formula is C18H21FN2O2S. The van der Waals surface area contributed by atoms with Crippen LogP contribution in [0.3, 0.4) is 0 Å². The number of nitrogens with one attached hydrogen (secondary N) is 1. The first-order chi connectivity index (χ1) is 11.3. The van der Waals surface area contributed by atoms with Crippen LogP contribution >= 0.6 is 11.3 Å². The van der Waals surface area contributed by atoms with Crippen LogP contribution in [0.5, 0.6) is 0 Å². The molecule has 0 aliphatic heterocycles. The van der Waals surface area contributed by atoms with Gasteiger partial charge in [-0.1, -0.05) is 19.9 Å². The molecule has 1 aromatic heterocycles. The van der Waals surface area contributed by atoms with Gasteiger partial charge in [0.1, 0.15) is 5.82 Å². The maximum atomic E-state index is 13.9. The third-order valence-corrected chi connectivity index (χ3v) is 5.93. The Morgan fingerprint density at radius 1 is 1.46 bits per heavy atom. The van der Waals surface area contributed by atoms with Crippen LogP contribution in [0, 0.1) is 11.2 Å². The summed E-state index contributed by atoms with van der Waals surface area (Å²) in [5.41, 5.74) is 5.04. The van der Waals surface area contributed by atoms with Gasteiger partial charge >= 0.3 is 5.97 Å². The Bertz CT molecular complexity index is 799. The summed E-state index contributed by atoms with van der Waals surface area (Å²) in [6, 6.07) is 4.70. The van der Waals surface area contributed by atoms with E-state index < -0.39 is 5.97 Å². The molecule has 0 unspecified atom stereocenters. The van der Waals surface area contributed by atoms with Crippen molar-refractivity contribution in [2.75, 3.05) is 0 Å². The summed E-state index contributed by atoms with van der Waals surface area (Å²) >= 11 is 1.52. The van der Waals surface area contributed by atoms with Crippen molar-refractivity contribution in [1.82, 2.24) is 5.43 Å². The third kappa shape index (κ3) is 3.09. The molecule has 0 saturated carbocycles. The molecule has 0 saturated heterocycles. The van der Waals surface area contributed by atoms with Gasteiger partial charge in [-0.05, 0) is 47.9 Å². The van der Waals surface area contributed by atoms with Crippen molar-refractivity contribution in [3.8, 4) is 10.4 Å². The van der Waals surface area contributed by atoms with Crippen LogP contribution in [-0.2, 0) is 19.4 Å². The Kier molecular flexibility index (Phi) is 4.46. The van der Waals surface area contributed by atoms with Gasteiger partial charge in [0.25, 0.3) is 0 Å². The molecule has 0 bridgehead atoms. The average Bonchev–Trinajstić information content (AvgIpc) is 2.87. The Balaban J connectivity index is 2.14. The third-order valence-electron chi connectivity index (χ3n) is 4.59. The lowest BCUT2D eigenvalue weighted by molar-refractivity contribution is 0.0696. The number of aryl methyl sites for hydroxylation is 1. The number of hydrazine groups is 1. The molecular weight excluding hydrogens is 327 g/mol. The molecule has 4 nitrogen and oxygen atoms in total. The zero-order chi connectivity index (χ0) is 17.5. The summed E-state index contributed by atoms with van der Waals surface area (Å²) in [6.07, 6.45) is 2.70. The maximum Gasteiger partial charge on any atom is 0.337 e. The van der Waals surface area contributed by atoms with Crippen LogP contribution in [0.15, 0.2) is 18.2 Å². The van der Waals surface area contributed by atoms with Gasteiger partial charge in [-0.3, -0.25) is 11.3 Å². The second-order valence-corrected chi connectivity index (χ2v) is 8.15. The normalized spacial score (nSPS) is 16.0. The first-order valence-electron chi connectivity index (χ1n) is 7.92. The Morgan fingerprint density at radius 2 is 2.21 bits per heavy atom. The van der Waals surface area contributed by atoms with Crippen LogP contribution in [0.4, 0.5) is 4.39 Å². The van der Waals surface area contributed by atoms with E-state index in [0.717, 1.165) is 35.3 Å². The number of carboxylic acid groups (broad SMARTS) is 1. The summed E-state index contributed by atoms with van der Waals surface area (Å²) in [6.45, 7) is 4.53. The molecule has 1 aromatic carbocycles. The fourth-order valence-corrected chi connectivity index (χ4v) is 4.62. The first-order valence-corrected chi connectivity index (χ1v) is 8.74. The minimum Gasteiger partial charge on any atom is -0.478 e. The number of fused-ring (bicyclic) bond motifs is 1. The molecule has 0 spiro atoms. The number of carbonyl (C=O) groups is 1. The second kappa shape index (κ2) is 6.27. The summed E-state index contributed by atoms with van der Waals surface area (Å²) in [5.74, 6) is 4.03. The maximum absolute atomic E-state index is 13.9.